The van der Waals surface area contributed by atoms with Crippen LogP contribution in [0.5, 0.6) is 0 Å². The molecule has 2 rings (SSSR count). The fourth-order valence-corrected chi connectivity index (χ4v) is 3.93. The van der Waals surface area contributed by atoms with E-state index in [1.165, 1.54) is 4.31 Å². The topological polar surface area (TPSA) is 92.5 Å². The van der Waals surface area contributed by atoms with E-state index in [-0.39, 0.29) is 23.3 Å². The molecule has 0 aromatic heterocycles. The molecule has 1 saturated heterocycles. The highest BCUT2D eigenvalue weighted by molar-refractivity contribution is 7.86. The standard InChI is InChI=1S/C18H29N3O3S/c1-18(2,3)13-16(14-7-5-4-6-8-14)20-17(22)15-9-11-21(12-10-15)25(19,23)24/h4-8,15-16H,9-13H2,1-3H3,(H,20,22)(H2,19,23,24)/t16-/m1/s1. The van der Waals surface area contributed by atoms with E-state index >= 15 is 0 Å². The maximum atomic E-state index is 12.7. The summed E-state index contributed by atoms with van der Waals surface area (Å²) in [4.78, 5) is 12.7. The van der Waals surface area contributed by atoms with Gasteiger partial charge in [-0.3, -0.25) is 4.79 Å². The van der Waals surface area contributed by atoms with Gasteiger partial charge in [0, 0.05) is 19.0 Å². The maximum absolute atomic E-state index is 12.7. The molecule has 1 aromatic carbocycles. The van der Waals surface area contributed by atoms with Crippen LogP contribution in [0.25, 0.3) is 0 Å². The minimum absolute atomic E-state index is 0.00725. The van der Waals surface area contributed by atoms with Gasteiger partial charge in [0.2, 0.25) is 5.91 Å². The van der Waals surface area contributed by atoms with Crippen molar-refractivity contribution in [2.75, 3.05) is 13.1 Å². The molecular formula is C18H29N3O3S. The van der Waals surface area contributed by atoms with Gasteiger partial charge in [0.1, 0.15) is 0 Å². The number of nitrogens with zero attached hydrogens (tertiary/aromatic N) is 1. The van der Waals surface area contributed by atoms with E-state index < -0.39 is 10.2 Å². The van der Waals surface area contributed by atoms with Gasteiger partial charge in [-0.25, -0.2) is 5.14 Å². The first-order valence-electron chi connectivity index (χ1n) is 8.69. The van der Waals surface area contributed by atoms with Gasteiger partial charge in [-0.15, -0.1) is 0 Å². The predicted octanol–water partition coefficient (Wildman–Crippen LogP) is 2.20. The zero-order valence-electron chi connectivity index (χ0n) is 15.2. The summed E-state index contributed by atoms with van der Waals surface area (Å²) in [5.74, 6) is -0.184. The molecule has 0 bridgehead atoms. The normalized spacial score (nSPS) is 18.7. The van der Waals surface area contributed by atoms with Crippen molar-refractivity contribution in [3.8, 4) is 0 Å². The molecule has 1 amide bonds. The van der Waals surface area contributed by atoms with Crippen LogP contribution in [0.2, 0.25) is 0 Å². The Morgan fingerprint density at radius 1 is 1.24 bits per heavy atom. The molecule has 6 nitrogen and oxygen atoms in total. The van der Waals surface area contributed by atoms with Crippen LogP contribution in [0.4, 0.5) is 0 Å². The van der Waals surface area contributed by atoms with Gasteiger partial charge in [-0.2, -0.15) is 12.7 Å². The van der Waals surface area contributed by atoms with Crippen LogP contribution in [0.1, 0.15) is 51.6 Å². The average molecular weight is 368 g/mol. The summed E-state index contributed by atoms with van der Waals surface area (Å²) in [7, 11) is -3.66. The van der Waals surface area contributed by atoms with Gasteiger partial charge in [-0.1, -0.05) is 51.1 Å². The third kappa shape index (κ3) is 6.09. The summed E-state index contributed by atoms with van der Waals surface area (Å²) >= 11 is 0. The summed E-state index contributed by atoms with van der Waals surface area (Å²) in [6.45, 7) is 7.05. The smallest absolute Gasteiger partial charge is 0.276 e. The monoisotopic (exact) mass is 367 g/mol. The van der Waals surface area contributed by atoms with E-state index in [1.807, 2.05) is 30.3 Å². The number of piperidine rings is 1. The lowest BCUT2D eigenvalue weighted by Gasteiger charge is -2.32. The number of amides is 1. The maximum Gasteiger partial charge on any atom is 0.276 e. The van der Waals surface area contributed by atoms with Crippen LogP contribution < -0.4 is 10.5 Å². The molecule has 1 aromatic rings. The molecule has 25 heavy (non-hydrogen) atoms. The number of hydrogen-bond acceptors (Lipinski definition) is 3. The zero-order chi connectivity index (χ0) is 18.7. The van der Waals surface area contributed by atoms with E-state index in [9.17, 15) is 13.2 Å². The Hall–Kier alpha value is -1.44. The van der Waals surface area contributed by atoms with E-state index in [1.54, 1.807) is 0 Å². The Morgan fingerprint density at radius 3 is 2.28 bits per heavy atom. The molecule has 7 heteroatoms. The first kappa shape index (κ1) is 19.9. The Balaban J connectivity index is 2.03. The zero-order valence-corrected chi connectivity index (χ0v) is 16.1. The van der Waals surface area contributed by atoms with Gasteiger partial charge in [0.25, 0.3) is 10.2 Å². The van der Waals surface area contributed by atoms with E-state index in [4.69, 9.17) is 5.14 Å². The summed E-state index contributed by atoms with van der Waals surface area (Å²) < 4.78 is 24.0. The van der Waals surface area contributed by atoms with Gasteiger partial charge in [0.05, 0.1) is 6.04 Å². The van der Waals surface area contributed by atoms with Crippen molar-refractivity contribution in [1.29, 1.82) is 0 Å². The number of nitrogens with two attached hydrogens (primary N) is 1. The van der Waals surface area contributed by atoms with E-state index in [2.05, 4.69) is 26.1 Å². The fraction of sp³-hybridized carbons (Fsp3) is 0.611. The van der Waals surface area contributed by atoms with Crippen molar-refractivity contribution >= 4 is 16.1 Å². The average Bonchev–Trinajstić information content (AvgIpc) is 2.53. The molecule has 1 fully saturated rings. The second-order valence-electron chi connectivity index (χ2n) is 7.95. The SMILES string of the molecule is CC(C)(C)C[C@@H](NC(=O)C1CCN(S(N)(=O)=O)CC1)c1ccccc1. The van der Waals surface area contributed by atoms with Crippen molar-refractivity contribution in [3.63, 3.8) is 0 Å². The van der Waals surface area contributed by atoms with Crippen LogP contribution in [0.3, 0.4) is 0 Å². The number of carbonyl (C=O) groups excluding carboxylic acids is 1. The van der Waals surface area contributed by atoms with Crippen LogP contribution in [0.15, 0.2) is 30.3 Å². The molecule has 1 heterocycles. The van der Waals surface area contributed by atoms with Crippen molar-refractivity contribution in [2.45, 2.75) is 46.1 Å². The summed E-state index contributed by atoms with van der Waals surface area (Å²) in [6, 6.07) is 9.91. The van der Waals surface area contributed by atoms with Crippen molar-refractivity contribution in [3.05, 3.63) is 35.9 Å². The molecule has 1 aliphatic heterocycles. The minimum Gasteiger partial charge on any atom is -0.349 e. The number of rotatable bonds is 5. The molecule has 140 valence electrons. The lowest BCUT2D eigenvalue weighted by atomic mass is 9.85. The van der Waals surface area contributed by atoms with Crippen molar-refractivity contribution < 1.29 is 13.2 Å². The highest BCUT2D eigenvalue weighted by atomic mass is 32.2. The lowest BCUT2D eigenvalue weighted by Crippen LogP contribution is -2.46. The van der Waals surface area contributed by atoms with Crippen LogP contribution >= 0.6 is 0 Å². The third-order valence-electron chi connectivity index (χ3n) is 4.52. The first-order chi connectivity index (χ1) is 11.6. The Morgan fingerprint density at radius 2 is 1.80 bits per heavy atom. The quantitative estimate of drug-likeness (QED) is 0.835. The highest BCUT2D eigenvalue weighted by Crippen LogP contribution is 2.30. The molecule has 0 saturated carbocycles. The van der Waals surface area contributed by atoms with E-state index in [0.29, 0.717) is 25.9 Å². The molecule has 0 spiro atoms. The molecule has 0 aliphatic carbocycles. The Kier molecular flexibility index (Phi) is 6.24. The molecule has 0 unspecified atom stereocenters. The van der Waals surface area contributed by atoms with Crippen molar-refractivity contribution in [1.82, 2.24) is 9.62 Å². The number of hydrogen-bond donors (Lipinski definition) is 2. The molecular weight excluding hydrogens is 338 g/mol. The predicted molar refractivity (Wildman–Crippen MR) is 98.8 cm³/mol. The van der Waals surface area contributed by atoms with Gasteiger partial charge < -0.3 is 5.32 Å². The Bertz CT molecular complexity index is 675. The van der Waals surface area contributed by atoms with Crippen LogP contribution in [-0.4, -0.2) is 31.7 Å². The largest absolute Gasteiger partial charge is 0.349 e. The molecule has 1 atom stereocenters. The molecule has 3 N–H and O–H groups in total. The number of carbonyl (C=O) groups is 1. The number of nitrogens with one attached hydrogen (secondary N) is 1. The minimum atomic E-state index is -3.66. The first-order valence-corrected chi connectivity index (χ1v) is 10.2. The van der Waals surface area contributed by atoms with Gasteiger partial charge in [0.15, 0.2) is 0 Å². The second kappa shape index (κ2) is 7.85. The second-order valence-corrected chi connectivity index (χ2v) is 9.50. The van der Waals surface area contributed by atoms with Gasteiger partial charge in [-0.05, 0) is 30.2 Å². The third-order valence-corrected chi connectivity index (χ3v) is 5.60. The highest BCUT2D eigenvalue weighted by Gasteiger charge is 2.31. The summed E-state index contributed by atoms with van der Waals surface area (Å²) in [6.07, 6.45) is 1.83. The van der Waals surface area contributed by atoms with E-state index in [0.717, 1.165) is 12.0 Å². The number of benzene rings is 1. The van der Waals surface area contributed by atoms with Crippen LogP contribution in [0, 0.1) is 11.3 Å². The molecule has 1 aliphatic rings. The summed E-state index contributed by atoms with van der Waals surface area (Å²) in [5.41, 5.74) is 1.16. The van der Waals surface area contributed by atoms with Crippen LogP contribution in [-0.2, 0) is 15.0 Å². The lowest BCUT2D eigenvalue weighted by molar-refractivity contribution is -0.127. The van der Waals surface area contributed by atoms with Gasteiger partial charge >= 0.3 is 0 Å². The summed E-state index contributed by atoms with van der Waals surface area (Å²) in [5, 5.41) is 8.33. The fourth-order valence-electron chi connectivity index (χ4n) is 3.21. The Labute approximate surface area is 151 Å². The van der Waals surface area contributed by atoms with Crippen molar-refractivity contribution in [2.24, 2.45) is 16.5 Å². The molecule has 0 radical (unpaired) electrons.